The van der Waals surface area contributed by atoms with Crippen LogP contribution in [0.3, 0.4) is 0 Å². The molecule has 0 radical (unpaired) electrons. The smallest absolute Gasteiger partial charge is 0.227 e. The first kappa shape index (κ1) is 16.0. The van der Waals surface area contributed by atoms with Crippen LogP contribution in [0.15, 0.2) is 42.6 Å². The van der Waals surface area contributed by atoms with Crippen molar-refractivity contribution in [3.8, 4) is 0 Å². The van der Waals surface area contributed by atoms with Gasteiger partial charge in [0.1, 0.15) is 11.6 Å². The minimum absolute atomic E-state index is 0.0118. The fourth-order valence-electron chi connectivity index (χ4n) is 4.13. The van der Waals surface area contributed by atoms with Gasteiger partial charge >= 0.3 is 0 Å². The fraction of sp³-hybridized carbons (Fsp3) is 0.421. The Hall–Kier alpha value is -2.50. The van der Waals surface area contributed by atoms with E-state index in [0.29, 0.717) is 23.4 Å². The maximum absolute atomic E-state index is 13.8. The molecule has 1 saturated heterocycles. The lowest BCUT2D eigenvalue weighted by atomic mass is 9.98. The maximum Gasteiger partial charge on any atom is 0.227 e. The molecule has 2 aromatic rings. The second-order valence-corrected chi connectivity index (χ2v) is 6.93. The molecule has 6 heteroatoms. The largest absolute Gasteiger partial charge is 0.365 e. The predicted molar refractivity (Wildman–Crippen MR) is 92.3 cm³/mol. The topological polar surface area (TPSA) is 58.1 Å². The van der Waals surface area contributed by atoms with Crippen molar-refractivity contribution < 1.29 is 9.18 Å². The first-order valence-corrected chi connectivity index (χ1v) is 8.76. The zero-order valence-corrected chi connectivity index (χ0v) is 13.9. The molecule has 1 aromatic carbocycles. The number of benzene rings is 1. The first-order chi connectivity index (χ1) is 12.2. The molecule has 2 aliphatic rings. The molecule has 5 nitrogen and oxygen atoms in total. The van der Waals surface area contributed by atoms with Crippen molar-refractivity contribution in [1.82, 2.24) is 15.1 Å². The third-order valence-electron chi connectivity index (χ3n) is 5.41. The van der Waals surface area contributed by atoms with Gasteiger partial charge in [0.05, 0.1) is 6.42 Å². The number of halogens is 1. The summed E-state index contributed by atoms with van der Waals surface area (Å²) < 4.78 is 13.8. The maximum atomic E-state index is 13.8. The van der Waals surface area contributed by atoms with Crippen molar-refractivity contribution in [2.45, 2.75) is 25.3 Å². The molecule has 1 aliphatic carbocycles. The van der Waals surface area contributed by atoms with E-state index < -0.39 is 0 Å². The van der Waals surface area contributed by atoms with Crippen LogP contribution in [0.2, 0.25) is 0 Å². The molecule has 1 aromatic heterocycles. The lowest BCUT2D eigenvalue weighted by molar-refractivity contribution is -0.129. The van der Waals surface area contributed by atoms with Crippen molar-refractivity contribution in [1.29, 1.82) is 0 Å². The summed E-state index contributed by atoms with van der Waals surface area (Å²) >= 11 is 0. The van der Waals surface area contributed by atoms with Gasteiger partial charge in [-0.1, -0.05) is 18.2 Å². The van der Waals surface area contributed by atoms with Crippen LogP contribution in [0.25, 0.3) is 0 Å². The SMILES string of the molecule is O=C(Cc1ccccc1F)N1C[C@H]2CC[C@@H](Nc3cccnn3)[C@H]2C1. The van der Waals surface area contributed by atoms with Crippen LogP contribution >= 0.6 is 0 Å². The van der Waals surface area contributed by atoms with E-state index in [4.69, 9.17) is 0 Å². The average Bonchev–Trinajstić information content (AvgIpc) is 3.20. The van der Waals surface area contributed by atoms with Gasteiger partial charge in [-0.2, -0.15) is 5.10 Å². The minimum Gasteiger partial charge on any atom is -0.365 e. The Morgan fingerprint density at radius 3 is 2.88 bits per heavy atom. The second kappa shape index (κ2) is 6.78. The Labute approximate surface area is 146 Å². The number of anilines is 1. The number of carbonyl (C=O) groups is 1. The lowest BCUT2D eigenvalue weighted by Crippen LogP contribution is -2.34. The van der Waals surface area contributed by atoms with Gasteiger partial charge in [-0.25, -0.2) is 4.39 Å². The van der Waals surface area contributed by atoms with E-state index in [1.807, 2.05) is 17.0 Å². The summed E-state index contributed by atoms with van der Waals surface area (Å²) in [7, 11) is 0. The van der Waals surface area contributed by atoms with Crippen LogP contribution in [-0.2, 0) is 11.2 Å². The normalized spacial score (nSPS) is 25.0. The Kier molecular flexibility index (Phi) is 4.34. The first-order valence-electron chi connectivity index (χ1n) is 8.76. The van der Waals surface area contributed by atoms with Crippen molar-refractivity contribution >= 4 is 11.7 Å². The molecular weight excluding hydrogens is 319 g/mol. The van der Waals surface area contributed by atoms with E-state index in [0.717, 1.165) is 31.7 Å². The van der Waals surface area contributed by atoms with Crippen LogP contribution in [0.4, 0.5) is 10.2 Å². The monoisotopic (exact) mass is 340 g/mol. The Morgan fingerprint density at radius 1 is 1.20 bits per heavy atom. The highest BCUT2D eigenvalue weighted by Gasteiger charge is 2.44. The zero-order chi connectivity index (χ0) is 17.2. The molecule has 25 heavy (non-hydrogen) atoms. The van der Waals surface area contributed by atoms with Crippen molar-refractivity contribution in [3.05, 3.63) is 54.0 Å². The van der Waals surface area contributed by atoms with Gasteiger partial charge in [0.25, 0.3) is 0 Å². The van der Waals surface area contributed by atoms with Gasteiger partial charge in [-0.15, -0.1) is 5.10 Å². The van der Waals surface area contributed by atoms with Gasteiger partial charge in [-0.05, 0) is 42.5 Å². The summed E-state index contributed by atoms with van der Waals surface area (Å²) in [6.45, 7) is 1.51. The number of likely N-dealkylation sites (tertiary alicyclic amines) is 1. The molecule has 3 atom stereocenters. The summed E-state index contributed by atoms with van der Waals surface area (Å²) in [5.74, 6) is 1.42. The third-order valence-corrected chi connectivity index (χ3v) is 5.41. The van der Waals surface area contributed by atoms with Gasteiger partial charge in [0.15, 0.2) is 0 Å². The minimum atomic E-state index is -0.308. The Morgan fingerprint density at radius 2 is 2.08 bits per heavy atom. The van der Waals surface area contributed by atoms with Crippen molar-refractivity contribution in [2.24, 2.45) is 11.8 Å². The van der Waals surface area contributed by atoms with Crippen LogP contribution in [-0.4, -0.2) is 40.1 Å². The third kappa shape index (κ3) is 3.34. The van der Waals surface area contributed by atoms with Gasteiger partial charge in [0.2, 0.25) is 5.91 Å². The van der Waals surface area contributed by atoms with E-state index in [9.17, 15) is 9.18 Å². The van der Waals surface area contributed by atoms with Crippen LogP contribution in [0.5, 0.6) is 0 Å². The highest BCUT2D eigenvalue weighted by molar-refractivity contribution is 5.79. The highest BCUT2D eigenvalue weighted by atomic mass is 19.1. The summed E-state index contributed by atoms with van der Waals surface area (Å²) in [5.41, 5.74) is 0.471. The van der Waals surface area contributed by atoms with Crippen LogP contribution in [0.1, 0.15) is 18.4 Å². The van der Waals surface area contributed by atoms with E-state index >= 15 is 0 Å². The molecule has 130 valence electrons. The molecule has 0 spiro atoms. The number of amides is 1. The van der Waals surface area contributed by atoms with Gasteiger partial charge < -0.3 is 10.2 Å². The average molecular weight is 340 g/mol. The molecule has 1 saturated carbocycles. The molecule has 0 unspecified atom stereocenters. The fourth-order valence-corrected chi connectivity index (χ4v) is 4.13. The summed E-state index contributed by atoms with van der Waals surface area (Å²) in [5, 5.41) is 11.4. The van der Waals surface area contributed by atoms with E-state index in [1.165, 1.54) is 6.07 Å². The molecular formula is C19H21FN4O. The molecule has 4 rings (SSSR count). The van der Waals surface area contributed by atoms with E-state index in [1.54, 1.807) is 24.4 Å². The van der Waals surface area contributed by atoms with Crippen LogP contribution < -0.4 is 5.32 Å². The lowest BCUT2D eigenvalue weighted by Gasteiger charge is -2.22. The molecule has 1 N–H and O–H groups in total. The summed E-state index contributed by atoms with van der Waals surface area (Å²) in [6.07, 6.45) is 3.98. The van der Waals surface area contributed by atoms with E-state index in [-0.39, 0.29) is 18.1 Å². The van der Waals surface area contributed by atoms with Crippen molar-refractivity contribution in [2.75, 3.05) is 18.4 Å². The number of fused-ring (bicyclic) bond motifs is 1. The molecule has 2 fully saturated rings. The van der Waals surface area contributed by atoms with Crippen LogP contribution in [0, 0.1) is 17.7 Å². The number of aromatic nitrogens is 2. The van der Waals surface area contributed by atoms with Crippen molar-refractivity contribution in [3.63, 3.8) is 0 Å². The standard InChI is InChI=1S/C19H21FN4O/c20-16-5-2-1-4-13(16)10-19(25)24-11-14-7-8-17(15(14)12-24)22-18-6-3-9-21-23-18/h1-6,9,14-15,17H,7-8,10-12H2,(H,22,23)/t14-,15+,17-/m1/s1. The van der Waals surface area contributed by atoms with Gasteiger partial charge in [-0.3, -0.25) is 4.79 Å². The number of nitrogens with one attached hydrogen (secondary N) is 1. The summed E-state index contributed by atoms with van der Waals surface area (Å²) in [6, 6.07) is 10.6. The molecule has 0 bridgehead atoms. The highest BCUT2D eigenvalue weighted by Crippen LogP contribution is 2.39. The van der Waals surface area contributed by atoms with Gasteiger partial charge in [0, 0.05) is 31.2 Å². The number of carbonyl (C=O) groups excluding carboxylic acids is 1. The molecule has 1 aliphatic heterocycles. The quantitative estimate of drug-likeness (QED) is 0.929. The number of hydrogen-bond donors (Lipinski definition) is 1. The second-order valence-electron chi connectivity index (χ2n) is 6.93. The number of nitrogens with zero attached hydrogens (tertiary/aromatic N) is 3. The molecule has 2 heterocycles. The van der Waals surface area contributed by atoms with E-state index in [2.05, 4.69) is 15.5 Å². The zero-order valence-electron chi connectivity index (χ0n) is 13.9. The number of hydrogen-bond acceptors (Lipinski definition) is 4. The summed E-state index contributed by atoms with van der Waals surface area (Å²) in [4.78, 5) is 14.5. The Bertz CT molecular complexity index is 754. The Balaban J connectivity index is 1.39. The predicted octanol–water partition coefficient (Wildman–Crippen LogP) is 2.51. The molecule has 1 amide bonds. The number of rotatable bonds is 4.